The third kappa shape index (κ3) is 4.57. The van der Waals surface area contributed by atoms with Gasteiger partial charge < -0.3 is 0 Å². The zero-order valence-corrected chi connectivity index (χ0v) is 20.8. The van der Waals surface area contributed by atoms with Gasteiger partial charge in [-0.2, -0.15) is 0 Å². The van der Waals surface area contributed by atoms with Crippen LogP contribution in [-0.2, 0) is 20.0 Å². The Kier molecular flexibility index (Phi) is 5.61. The standard InChI is InChI=1S/C25H32N2O4S2/c1-17(2)21-3-7-23(8-4-21)32(28,29)26-22-5-9-24(10-6-22)33(30,31)27-25-14-18-11-19(15-25)13-20(12-18)16-25/h3-10,17-20,26-27H,11-16H2,1-2H3. The quantitative estimate of drug-likeness (QED) is 0.582. The van der Waals surface area contributed by atoms with Gasteiger partial charge in [-0.25, -0.2) is 21.6 Å². The van der Waals surface area contributed by atoms with Crippen LogP contribution >= 0.6 is 0 Å². The number of benzene rings is 2. The smallest absolute Gasteiger partial charge is 0.261 e. The van der Waals surface area contributed by atoms with Crippen molar-refractivity contribution >= 4 is 25.7 Å². The average molecular weight is 489 g/mol. The first kappa shape index (κ1) is 22.9. The van der Waals surface area contributed by atoms with Crippen molar-refractivity contribution in [2.24, 2.45) is 17.8 Å². The van der Waals surface area contributed by atoms with Gasteiger partial charge in [-0.1, -0.05) is 26.0 Å². The van der Waals surface area contributed by atoms with E-state index in [9.17, 15) is 16.8 Å². The molecule has 33 heavy (non-hydrogen) atoms. The first-order valence-electron chi connectivity index (χ1n) is 11.8. The lowest BCUT2D eigenvalue weighted by atomic mass is 9.53. The van der Waals surface area contributed by atoms with Crippen molar-refractivity contribution in [3.63, 3.8) is 0 Å². The fraction of sp³-hybridized carbons (Fsp3) is 0.520. The lowest BCUT2D eigenvalue weighted by Crippen LogP contribution is -2.59. The topological polar surface area (TPSA) is 92.3 Å². The molecular formula is C25H32N2O4S2. The Labute approximate surface area is 197 Å². The molecule has 8 heteroatoms. The molecule has 0 aliphatic heterocycles. The van der Waals surface area contributed by atoms with Gasteiger partial charge in [0.2, 0.25) is 10.0 Å². The second-order valence-electron chi connectivity index (χ2n) is 10.7. The molecule has 6 nitrogen and oxygen atoms in total. The summed E-state index contributed by atoms with van der Waals surface area (Å²) < 4.78 is 57.4. The van der Waals surface area contributed by atoms with Gasteiger partial charge in [0.15, 0.2) is 0 Å². The van der Waals surface area contributed by atoms with Gasteiger partial charge in [0, 0.05) is 11.2 Å². The molecule has 2 aromatic rings. The monoisotopic (exact) mass is 488 g/mol. The summed E-state index contributed by atoms with van der Waals surface area (Å²) in [6.45, 7) is 4.10. The van der Waals surface area contributed by atoms with E-state index < -0.39 is 20.0 Å². The van der Waals surface area contributed by atoms with Gasteiger partial charge in [-0.15, -0.1) is 0 Å². The van der Waals surface area contributed by atoms with Crippen LogP contribution in [0.1, 0.15) is 63.9 Å². The average Bonchev–Trinajstić information content (AvgIpc) is 2.72. The highest BCUT2D eigenvalue weighted by atomic mass is 32.2. The molecule has 4 saturated carbocycles. The molecule has 178 valence electrons. The molecule has 2 aromatic carbocycles. The van der Waals surface area contributed by atoms with Crippen molar-refractivity contribution in [2.45, 2.75) is 73.6 Å². The van der Waals surface area contributed by atoms with E-state index in [-0.39, 0.29) is 15.3 Å². The summed E-state index contributed by atoms with van der Waals surface area (Å²) in [5.41, 5.74) is 1.09. The van der Waals surface area contributed by atoms with Gasteiger partial charge in [0.05, 0.1) is 9.79 Å². The molecule has 4 aliphatic rings. The third-order valence-electron chi connectivity index (χ3n) is 7.66. The van der Waals surface area contributed by atoms with Crippen molar-refractivity contribution in [3.8, 4) is 0 Å². The van der Waals surface area contributed by atoms with E-state index in [2.05, 4.69) is 23.3 Å². The summed E-state index contributed by atoms with van der Waals surface area (Å²) in [6.07, 6.45) is 6.55. The van der Waals surface area contributed by atoms with Crippen molar-refractivity contribution in [1.29, 1.82) is 0 Å². The molecule has 0 aromatic heterocycles. The maximum atomic E-state index is 13.2. The first-order chi connectivity index (χ1) is 15.5. The summed E-state index contributed by atoms with van der Waals surface area (Å²) in [5, 5.41) is 0. The molecule has 0 unspecified atom stereocenters. The largest absolute Gasteiger partial charge is 0.280 e. The Morgan fingerprint density at radius 2 is 1.18 bits per heavy atom. The number of hydrogen-bond donors (Lipinski definition) is 2. The number of sulfonamides is 2. The molecule has 0 spiro atoms. The van der Waals surface area contributed by atoms with Crippen LogP contribution < -0.4 is 9.44 Å². The Balaban J connectivity index is 1.30. The van der Waals surface area contributed by atoms with Gasteiger partial charge in [-0.3, -0.25) is 4.72 Å². The number of anilines is 1. The van der Waals surface area contributed by atoms with Crippen LogP contribution in [0.5, 0.6) is 0 Å². The number of hydrogen-bond acceptors (Lipinski definition) is 4. The summed E-state index contributed by atoms with van der Waals surface area (Å²) in [7, 11) is -7.43. The molecule has 4 fully saturated rings. The van der Waals surface area contributed by atoms with E-state index in [0.29, 0.717) is 29.4 Å². The summed E-state index contributed by atoms with van der Waals surface area (Å²) >= 11 is 0. The van der Waals surface area contributed by atoms with Gasteiger partial charge in [-0.05, 0) is 104 Å². The van der Waals surface area contributed by atoms with Crippen LogP contribution in [0.15, 0.2) is 58.3 Å². The van der Waals surface area contributed by atoms with Crippen LogP contribution in [0.2, 0.25) is 0 Å². The van der Waals surface area contributed by atoms with Crippen LogP contribution in [0.25, 0.3) is 0 Å². The highest BCUT2D eigenvalue weighted by Crippen LogP contribution is 2.56. The minimum absolute atomic E-state index is 0.169. The normalized spacial score (nSPS) is 28.9. The maximum Gasteiger partial charge on any atom is 0.261 e. The summed E-state index contributed by atoms with van der Waals surface area (Å²) in [4.78, 5) is 0.342. The van der Waals surface area contributed by atoms with Crippen LogP contribution in [0, 0.1) is 17.8 Å². The second kappa shape index (κ2) is 8.10. The molecule has 6 rings (SSSR count). The van der Waals surface area contributed by atoms with E-state index in [4.69, 9.17) is 0 Å². The predicted octanol–water partition coefficient (Wildman–Crippen LogP) is 4.86. The minimum Gasteiger partial charge on any atom is -0.280 e. The molecule has 0 saturated heterocycles. The van der Waals surface area contributed by atoms with Crippen LogP contribution in [-0.4, -0.2) is 22.4 Å². The van der Waals surface area contributed by atoms with Gasteiger partial charge in [0.25, 0.3) is 10.0 Å². The Hall–Kier alpha value is -1.90. The lowest BCUT2D eigenvalue weighted by Gasteiger charge is -2.56. The number of rotatable bonds is 7. The van der Waals surface area contributed by atoms with E-state index in [1.807, 2.05) is 12.1 Å². The van der Waals surface area contributed by atoms with Gasteiger partial charge >= 0.3 is 0 Å². The molecule has 0 radical (unpaired) electrons. The third-order valence-corrected chi connectivity index (χ3v) is 10.7. The Bertz CT molecular complexity index is 1200. The maximum absolute atomic E-state index is 13.2. The van der Waals surface area contributed by atoms with E-state index in [1.165, 1.54) is 43.5 Å². The molecule has 0 heterocycles. The SMILES string of the molecule is CC(C)c1ccc(S(=O)(=O)Nc2ccc(S(=O)(=O)NC34CC5CC(CC(C5)C3)C4)cc2)cc1. The van der Waals surface area contributed by atoms with E-state index in [0.717, 1.165) is 24.8 Å². The molecular weight excluding hydrogens is 456 g/mol. The Morgan fingerprint density at radius 1 is 0.727 bits per heavy atom. The molecule has 0 amide bonds. The van der Waals surface area contributed by atoms with Crippen molar-refractivity contribution < 1.29 is 16.8 Å². The zero-order chi connectivity index (χ0) is 23.4. The van der Waals surface area contributed by atoms with Crippen molar-refractivity contribution in [3.05, 3.63) is 54.1 Å². The molecule has 2 N–H and O–H groups in total. The van der Waals surface area contributed by atoms with E-state index >= 15 is 0 Å². The molecule has 0 atom stereocenters. The second-order valence-corrected chi connectivity index (χ2v) is 14.0. The van der Waals surface area contributed by atoms with E-state index in [1.54, 1.807) is 12.1 Å². The summed E-state index contributed by atoms with van der Waals surface area (Å²) in [6, 6.07) is 12.8. The van der Waals surface area contributed by atoms with Crippen LogP contribution in [0.4, 0.5) is 5.69 Å². The van der Waals surface area contributed by atoms with Crippen molar-refractivity contribution in [1.82, 2.24) is 4.72 Å². The minimum atomic E-state index is -3.76. The fourth-order valence-electron chi connectivity index (χ4n) is 6.53. The highest BCUT2D eigenvalue weighted by Gasteiger charge is 2.52. The summed E-state index contributed by atoms with van der Waals surface area (Å²) in [5.74, 6) is 2.25. The molecule has 4 aliphatic carbocycles. The van der Waals surface area contributed by atoms with Gasteiger partial charge in [0.1, 0.15) is 0 Å². The lowest BCUT2D eigenvalue weighted by molar-refractivity contribution is -0.00810. The highest BCUT2D eigenvalue weighted by molar-refractivity contribution is 7.92. The zero-order valence-electron chi connectivity index (χ0n) is 19.1. The first-order valence-corrected chi connectivity index (χ1v) is 14.8. The fourth-order valence-corrected chi connectivity index (χ4v) is 9.02. The predicted molar refractivity (Wildman–Crippen MR) is 129 cm³/mol. The molecule has 4 bridgehead atoms. The van der Waals surface area contributed by atoms with Crippen LogP contribution in [0.3, 0.4) is 0 Å². The van der Waals surface area contributed by atoms with Crippen molar-refractivity contribution in [2.75, 3.05) is 4.72 Å². The Morgan fingerprint density at radius 3 is 1.67 bits per heavy atom. The number of nitrogens with one attached hydrogen (secondary N) is 2.